The molecule has 0 saturated carbocycles. The Bertz CT molecular complexity index is 355. The van der Waals surface area contributed by atoms with E-state index >= 15 is 0 Å². The van der Waals surface area contributed by atoms with Crippen molar-refractivity contribution in [2.45, 2.75) is 6.10 Å². The highest BCUT2D eigenvalue weighted by atomic mass is 79.9. The molecule has 14 heavy (non-hydrogen) atoms. The van der Waals surface area contributed by atoms with Crippen LogP contribution in [0.5, 0.6) is 5.75 Å². The quantitative estimate of drug-likeness (QED) is 0.493. The highest BCUT2D eigenvalue weighted by Gasteiger charge is 2.15. The van der Waals surface area contributed by atoms with Crippen molar-refractivity contribution in [1.29, 1.82) is 0 Å². The van der Waals surface area contributed by atoms with Crippen molar-refractivity contribution < 1.29 is 15.1 Å². The molecule has 0 aliphatic rings. The van der Waals surface area contributed by atoms with E-state index in [-0.39, 0.29) is 5.69 Å². The van der Waals surface area contributed by atoms with Crippen LogP contribution in [0.15, 0.2) is 18.2 Å². The number of nitrogens with zero attached hydrogens (tertiary/aromatic N) is 1. The first kappa shape index (κ1) is 10.9. The molecule has 0 amide bonds. The number of nitro benzene ring substituents is 1. The largest absolute Gasteiger partial charge is 0.502 e. The summed E-state index contributed by atoms with van der Waals surface area (Å²) >= 11 is 3.06. The Kier molecular flexibility index (Phi) is 3.43. The van der Waals surface area contributed by atoms with E-state index < -0.39 is 16.8 Å². The molecule has 0 saturated heterocycles. The lowest BCUT2D eigenvalue weighted by molar-refractivity contribution is -0.385. The zero-order valence-electron chi connectivity index (χ0n) is 7.05. The summed E-state index contributed by atoms with van der Waals surface area (Å²) in [5.74, 6) is -0.437. The summed E-state index contributed by atoms with van der Waals surface area (Å²) in [4.78, 5) is 9.67. The highest BCUT2D eigenvalue weighted by molar-refractivity contribution is 9.09. The molecule has 1 atom stereocenters. The number of phenolic OH excluding ortho intramolecular Hbond substituents is 1. The van der Waals surface area contributed by atoms with Gasteiger partial charge in [-0.25, -0.2) is 0 Å². The molecule has 0 bridgehead atoms. The maximum absolute atomic E-state index is 10.3. The molecule has 0 heterocycles. The van der Waals surface area contributed by atoms with Crippen LogP contribution in [0, 0.1) is 10.1 Å². The number of benzene rings is 1. The minimum Gasteiger partial charge on any atom is -0.502 e. The summed E-state index contributed by atoms with van der Waals surface area (Å²) in [6.07, 6.45) is -0.776. The SMILES string of the molecule is O=[N+]([O-])c1ccc(C(O)CBr)cc1O. The Morgan fingerprint density at radius 2 is 2.21 bits per heavy atom. The summed E-state index contributed by atoms with van der Waals surface area (Å²) in [6, 6.07) is 3.75. The molecule has 0 aliphatic carbocycles. The summed E-state index contributed by atoms with van der Waals surface area (Å²) in [6.45, 7) is 0. The van der Waals surface area contributed by atoms with Crippen LogP contribution in [0.25, 0.3) is 0 Å². The summed E-state index contributed by atoms with van der Waals surface area (Å²) in [5.41, 5.74) is 0.0699. The van der Waals surface area contributed by atoms with E-state index in [9.17, 15) is 20.3 Å². The fourth-order valence-electron chi connectivity index (χ4n) is 0.991. The van der Waals surface area contributed by atoms with Crippen LogP contribution < -0.4 is 0 Å². The first-order chi connectivity index (χ1) is 6.56. The number of hydrogen-bond donors (Lipinski definition) is 2. The van der Waals surface area contributed by atoms with E-state index in [1.165, 1.54) is 12.1 Å². The van der Waals surface area contributed by atoms with Crippen LogP contribution >= 0.6 is 15.9 Å². The lowest BCUT2D eigenvalue weighted by Gasteiger charge is -2.06. The van der Waals surface area contributed by atoms with Gasteiger partial charge in [0, 0.05) is 11.4 Å². The van der Waals surface area contributed by atoms with Gasteiger partial charge in [0.1, 0.15) is 0 Å². The molecule has 0 aromatic heterocycles. The average Bonchev–Trinajstić information content (AvgIpc) is 2.15. The Morgan fingerprint density at radius 1 is 1.57 bits per heavy atom. The molecule has 5 nitrogen and oxygen atoms in total. The molecule has 76 valence electrons. The average molecular weight is 262 g/mol. The molecule has 0 spiro atoms. The maximum atomic E-state index is 10.3. The summed E-state index contributed by atoms with van der Waals surface area (Å²) < 4.78 is 0. The third-order valence-corrected chi connectivity index (χ3v) is 2.34. The molecule has 1 aromatic rings. The first-order valence-corrected chi connectivity index (χ1v) is 4.89. The Morgan fingerprint density at radius 3 is 2.64 bits per heavy atom. The second kappa shape index (κ2) is 4.39. The van der Waals surface area contributed by atoms with Crippen molar-refractivity contribution in [1.82, 2.24) is 0 Å². The van der Waals surface area contributed by atoms with E-state index in [4.69, 9.17) is 0 Å². The van der Waals surface area contributed by atoms with Crippen LogP contribution in [0.4, 0.5) is 5.69 Å². The van der Waals surface area contributed by atoms with Gasteiger partial charge in [0.2, 0.25) is 0 Å². The van der Waals surface area contributed by atoms with Gasteiger partial charge in [0.15, 0.2) is 5.75 Å². The number of halogens is 1. The number of nitro groups is 1. The second-order valence-electron chi connectivity index (χ2n) is 2.68. The van der Waals surface area contributed by atoms with Gasteiger partial charge in [0.05, 0.1) is 11.0 Å². The number of hydrogen-bond acceptors (Lipinski definition) is 4. The van der Waals surface area contributed by atoms with Crippen LogP contribution in [-0.2, 0) is 0 Å². The summed E-state index contributed by atoms with van der Waals surface area (Å²) in [7, 11) is 0. The number of rotatable bonds is 3. The predicted octanol–water partition coefficient (Wildman–Crippen LogP) is 1.73. The van der Waals surface area contributed by atoms with Crippen LogP contribution in [0.3, 0.4) is 0 Å². The topological polar surface area (TPSA) is 83.6 Å². The number of phenols is 1. The van der Waals surface area contributed by atoms with Gasteiger partial charge in [-0.3, -0.25) is 10.1 Å². The van der Waals surface area contributed by atoms with Crippen molar-refractivity contribution in [3.8, 4) is 5.75 Å². The number of aromatic hydroxyl groups is 1. The first-order valence-electron chi connectivity index (χ1n) is 3.77. The smallest absolute Gasteiger partial charge is 0.310 e. The van der Waals surface area contributed by atoms with Gasteiger partial charge in [-0.1, -0.05) is 15.9 Å². The van der Waals surface area contributed by atoms with E-state index in [1.54, 1.807) is 0 Å². The van der Waals surface area contributed by atoms with Gasteiger partial charge in [0.25, 0.3) is 0 Å². The van der Waals surface area contributed by atoms with Crippen molar-refractivity contribution >= 4 is 21.6 Å². The summed E-state index contributed by atoms with van der Waals surface area (Å²) in [5, 5.41) is 29.2. The molecular weight excluding hydrogens is 254 g/mol. The lowest BCUT2D eigenvalue weighted by Crippen LogP contribution is -1.98. The predicted molar refractivity (Wildman–Crippen MR) is 53.5 cm³/mol. The monoisotopic (exact) mass is 261 g/mol. The molecular formula is C8H8BrNO4. The van der Waals surface area contributed by atoms with Crippen LogP contribution in [0.2, 0.25) is 0 Å². The van der Waals surface area contributed by atoms with Crippen molar-refractivity contribution in [3.63, 3.8) is 0 Å². The third-order valence-electron chi connectivity index (χ3n) is 1.73. The van der Waals surface area contributed by atoms with Crippen molar-refractivity contribution in [2.75, 3.05) is 5.33 Å². The third kappa shape index (κ3) is 2.21. The molecule has 0 fully saturated rings. The van der Waals surface area contributed by atoms with Crippen molar-refractivity contribution in [3.05, 3.63) is 33.9 Å². The molecule has 0 radical (unpaired) electrons. The fourth-order valence-corrected chi connectivity index (χ4v) is 1.37. The van der Waals surface area contributed by atoms with Gasteiger partial charge in [-0.05, 0) is 17.7 Å². The zero-order chi connectivity index (χ0) is 10.7. The Hall–Kier alpha value is -1.14. The van der Waals surface area contributed by atoms with Crippen LogP contribution in [0.1, 0.15) is 11.7 Å². The minimum absolute atomic E-state index is 0.310. The maximum Gasteiger partial charge on any atom is 0.310 e. The van der Waals surface area contributed by atoms with E-state index in [0.717, 1.165) is 6.07 Å². The van der Waals surface area contributed by atoms with E-state index in [2.05, 4.69) is 15.9 Å². The molecule has 1 unspecified atom stereocenters. The van der Waals surface area contributed by atoms with Crippen LogP contribution in [-0.4, -0.2) is 20.5 Å². The minimum atomic E-state index is -0.776. The Balaban J connectivity index is 3.06. The molecule has 1 rings (SSSR count). The highest BCUT2D eigenvalue weighted by Crippen LogP contribution is 2.29. The van der Waals surface area contributed by atoms with Gasteiger partial charge in [-0.2, -0.15) is 0 Å². The Labute approximate surface area is 88.3 Å². The number of aliphatic hydroxyl groups is 1. The van der Waals surface area contributed by atoms with Gasteiger partial charge >= 0.3 is 5.69 Å². The molecule has 2 N–H and O–H groups in total. The fraction of sp³-hybridized carbons (Fsp3) is 0.250. The van der Waals surface area contributed by atoms with Gasteiger partial charge in [-0.15, -0.1) is 0 Å². The van der Waals surface area contributed by atoms with Gasteiger partial charge < -0.3 is 10.2 Å². The molecule has 0 aliphatic heterocycles. The lowest BCUT2D eigenvalue weighted by atomic mass is 10.1. The molecule has 6 heteroatoms. The van der Waals surface area contributed by atoms with E-state index in [0.29, 0.717) is 10.9 Å². The number of alkyl halides is 1. The normalized spacial score (nSPS) is 12.4. The van der Waals surface area contributed by atoms with Crippen molar-refractivity contribution in [2.24, 2.45) is 0 Å². The standard InChI is InChI=1S/C8H8BrNO4/c9-4-8(12)5-1-2-6(10(13)14)7(11)3-5/h1-3,8,11-12H,4H2. The van der Waals surface area contributed by atoms with E-state index in [1.807, 2.05) is 0 Å². The zero-order valence-corrected chi connectivity index (χ0v) is 8.64. The molecule has 1 aromatic carbocycles. The number of aliphatic hydroxyl groups excluding tert-OH is 1. The second-order valence-corrected chi connectivity index (χ2v) is 3.32.